The van der Waals surface area contributed by atoms with Crippen molar-refractivity contribution in [1.82, 2.24) is 0 Å². The van der Waals surface area contributed by atoms with E-state index in [1.807, 2.05) is 6.07 Å². The molecule has 1 aromatic rings. The van der Waals surface area contributed by atoms with Crippen molar-refractivity contribution in [3.8, 4) is 0 Å². The number of carbonyl (C=O) groups is 2. The Bertz CT molecular complexity index is 506. The van der Waals surface area contributed by atoms with Gasteiger partial charge in [-0.05, 0) is 55.7 Å². The SMILES string of the molecule is O=C1CCC(C(=O)c2ccc3c(c2)CCCC3)CC1. The van der Waals surface area contributed by atoms with Gasteiger partial charge in [-0.3, -0.25) is 9.59 Å². The number of ketones is 2. The number of hydrogen-bond donors (Lipinski definition) is 0. The van der Waals surface area contributed by atoms with Crippen LogP contribution in [0.5, 0.6) is 0 Å². The van der Waals surface area contributed by atoms with Crippen molar-refractivity contribution in [2.24, 2.45) is 5.92 Å². The Hall–Kier alpha value is -1.44. The van der Waals surface area contributed by atoms with Gasteiger partial charge >= 0.3 is 0 Å². The lowest BCUT2D eigenvalue weighted by atomic mass is 9.82. The monoisotopic (exact) mass is 256 g/mol. The third-order valence-corrected chi connectivity index (χ3v) is 4.55. The summed E-state index contributed by atoms with van der Waals surface area (Å²) >= 11 is 0. The van der Waals surface area contributed by atoms with E-state index in [0.29, 0.717) is 18.6 Å². The van der Waals surface area contributed by atoms with Gasteiger partial charge in [0.2, 0.25) is 0 Å². The highest BCUT2D eigenvalue weighted by Gasteiger charge is 2.26. The molecule has 2 nitrogen and oxygen atoms in total. The van der Waals surface area contributed by atoms with Crippen molar-refractivity contribution < 1.29 is 9.59 Å². The summed E-state index contributed by atoms with van der Waals surface area (Å²) in [4.78, 5) is 23.7. The van der Waals surface area contributed by atoms with Gasteiger partial charge in [0.1, 0.15) is 5.78 Å². The molecule has 0 amide bonds. The van der Waals surface area contributed by atoms with Crippen molar-refractivity contribution in [2.75, 3.05) is 0 Å². The van der Waals surface area contributed by atoms with Gasteiger partial charge < -0.3 is 0 Å². The van der Waals surface area contributed by atoms with Gasteiger partial charge in [0, 0.05) is 24.3 Å². The Morgan fingerprint density at radius 3 is 2.37 bits per heavy atom. The largest absolute Gasteiger partial charge is 0.300 e. The fraction of sp³-hybridized carbons (Fsp3) is 0.529. The summed E-state index contributed by atoms with van der Waals surface area (Å²) in [5.41, 5.74) is 3.64. The molecule has 0 bridgehead atoms. The van der Waals surface area contributed by atoms with Gasteiger partial charge in [-0.15, -0.1) is 0 Å². The Labute approximate surface area is 114 Å². The highest BCUT2D eigenvalue weighted by Crippen LogP contribution is 2.28. The minimum absolute atomic E-state index is 0.0688. The molecule has 1 aromatic carbocycles. The van der Waals surface area contributed by atoms with Crippen LogP contribution in [0.3, 0.4) is 0 Å². The molecule has 0 unspecified atom stereocenters. The number of aryl methyl sites for hydroxylation is 2. The number of benzene rings is 1. The van der Waals surface area contributed by atoms with Crippen LogP contribution in [0, 0.1) is 5.92 Å². The summed E-state index contributed by atoms with van der Waals surface area (Å²) in [7, 11) is 0. The van der Waals surface area contributed by atoms with Gasteiger partial charge in [0.15, 0.2) is 5.78 Å². The van der Waals surface area contributed by atoms with Crippen molar-refractivity contribution in [1.29, 1.82) is 0 Å². The molecule has 0 atom stereocenters. The summed E-state index contributed by atoms with van der Waals surface area (Å²) in [6.45, 7) is 0. The minimum atomic E-state index is 0.0688. The number of rotatable bonds is 2. The van der Waals surface area contributed by atoms with Gasteiger partial charge in [0.25, 0.3) is 0 Å². The van der Waals surface area contributed by atoms with Crippen LogP contribution in [0.2, 0.25) is 0 Å². The van der Waals surface area contributed by atoms with Crippen LogP contribution in [0.15, 0.2) is 18.2 Å². The Balaban J connectivity index is 1.78. The molecular formula is C17H20O2. The second kappa shape index (κ2) is 5.28. The normalized spacial score (nSPS) is 20.1. The lowest BCUT2D eigenvalue weighted by Crippen LogP contribution is -2.22. The van der Waals surface area contributed by atoms with Crippen molar-refractivity contribution in [3.63, 3.8) is 0 Å². The fourth-order valence-corrected chi connectivity index (χ4v) is 3.32. The first-order chi connectivity index (χ1) is 9.24. The lowest BCUT2D eigenvalue weighted by Gasteiger charge is -2.21. The van der Waals surface area contributed by atoms with Crippen LogP contribution in [0.1, 0.15) is 60.0 Å². The van der Waals surface area contributed by atoms with E-state index in [-0.39, 0.29) is 11.7 Å². The predicted molar refractivity (Wildman–Crippen MR) is 74.4 cm³/mol. The lowest BCUT2D eigenvalue weighted by molar-refractivity contribution is -0.120. The molecule has 0 spiro atoms. The minimum Gasteiger partial charge on any atom is -0.300 e. The molecule has 100 valence electrons. The second-order valence-corrected chi connectivity index (χ2v) is 5.87. The van der Waals surface area contributed by atoms with Crippen LogP contribution in [-0.4, -0.2) is 11.6 Å². The topological polar surface area (TPSA) is 34.1 Å². The van der Waals surface area contributed by atoms with Crippen LogP contribution in [0.25, 0.3) is 0 Å². The van der Waals surface area contributed by atoms with Gasteiger partial charge in [-0.2, -0.15) is 0 Å². The maximum Gasteiger partial charge on any atom is 0.165 e. The average Bonchev–Trinajstić information content (AvgIpc) is 2.47. The summed E-state index contributed by atoms with van der Waals surface area (Å²) < 4.78 is 0. The Morgan fingerprint density at radius 1 is 0.947 bits per heavy atom. The zero-order valence-corrected chi connectivity index (χ0v) is 11.3. The number of carbonyl (C=O) groups excluding carboxylic acids is 2. The first-order valence-corrected chi connectivity index (χ1v) is 7.42. The Kier molecular flexibility index (Phi) is 3.50. The van der Waals surface area contributed by atoms with E-state index in [1.54, 1.807) is 0 Å². The second-order valence-electron chi connectivity index (χ2n) is 5.87. The number of hydrogen-bond acceptors (Lipinski definition) is 2. The van der Waals surface area contributed by atoms with E-state index in [2.05, 4.69) is 12.1 Å². The van der Waals surface area contributed by atoms with Gasteiger partial charge in [-0.25, -0.2) is 0 Å². The molecule has 0 saturated heterocycles. The highest BCUT2D eigenvalue weighted by atomic mass is 16.1. The molecule has 0 N–H and O–H groups in total. The number of fused-ring (bicyclic) bond motifs is 1. The highest BCUT2D eigenvalue weighted by molar-refractivity contribution is 5.99. The summed E-state index contributed by atoms with van der Waals surface area (Å²) in [5, 5.41) is 0. The van der Waals surface area contributed by atoms with Crippen LogP contribution in [0.4, 0.5) is 0 Å². The third-order valence-electron chi connectivity index (χ3n) is 4.55. The van der Waals surface area contributed by atoms with Crippen LogP contribution < -0.4 is 0 Å². The van der Waals surface area contributed by atoms with Crippen LogP contribution >= 0.6 is 0 Å². The molecule has 0 aliphatic heterocycles. The fourth-order valence-electron chi connectivity index (χ4n) is 3.32. The first kappa shape index (κ1) is 12.6. The summed E-state index contributed by atoms with van der Waals surface area (Å²) in [5.74, 6) is 0.634. The molecule has 1 saturated carbocycles. The molecule has 2 aliphatic rings. The van der Waals surface area contributed by atoms with Crippen molar-refractivity contribution >= 4 is 11.6 Å². The van der Waals surface area contributed by atoms with Gasteiger partial charge in [-0.1, -0.05) is 12.1 Å². The zero-order chi connectivity index (χ0) is 13.2. The molecule has 1 fully saturated rings. The van der Waals surface area contributed by atoms with Crippen LogP contribution in [-0.2, 0) is 17.6 Å². The molecule has 2 aliphatic carbocycles. The number of Topliss-reactive ketones (excluding diaryl/α,β-unsaturated/α-hetero) is 2. The molecule has 3 rings (SSSR count). The van der Waals surface area contributed by atoms with Gasteiger partial charge in [0.05, 0.1) is 0 Å². The standard InChI is InChI=1S/C17H20O2/c18-16-9-7-13(8-10-16)17(19)15-6-5-12-3-1-2-4-14(12)11-15/h5-6,11,13H,1-4,7-10H2. The molecular weight excluding hydrogens is 236 g/mol. The third kappa shape index (κ3) is 2.63. The van der Waals surface area contributed by atoms with E-state index in [0.717, 1.165) is 31.2 Å². The Morgan fingerprint density at radius 2 is 1.63 bits per heavy atom. The molecule has 0 aromatic heterocycles. The summed E-state index contributed by atoms with van der Waals surface area (Å²) in [6.07, 6.45) is 7.43. The smallest absolute Gasteiger partial charge is 0.165 e. The molecule has 0 heterocycles. The predicted octanol–water partition coefficient (Wildman–Crippen LogP) is 3.51. The zero-order valence-electron chi connectivity index (χ0n) is 11.3. The van der Waals surface area contributed by atoms with E-state index >= 15 is 0 Å². The van der Waals surface area contributed by atoms with Crippen molar-refractivity contribution in [2.45, 2.75) is 51.4 Å². The maximum atomic E-state index is 12.5. The average molecular weight is 256 g/mol. The maximum absolute atomic E-state index is 12.5. The molecule has 19 heavy (non-hydrogen) atoms. The molecule has 0 radical (unpaired) electrons. The summed E-state index contributed by atoms with van der Waals surface area (Å²) in [6, 6.07) is 6.23. The van der Waals surface area contributed by atoms with Crippen molar-refractivity contribution in [3.05, 3.63) is 34.9 Å². The van der Waals surface area contributed by atoms with E-state index in [9.17, 15) is 9.59 Å². The van der Waals surface area contributed by atoms with E-state index in [1.165, 1.54) is 24.0 Å². The molecule has 2 heteroatoms. The quantitative estimate of drug-likeness (QED) is 0.759. The first-order valence-electron chi connectivity index (χ1n) is 7.42. The van der Waals surface area contributed by atoms with E-state index < -0.39 is 0 Å². The van der Waals surface area contributed by atoms with E-state index in [4.69, 9.17) is 0 Å².